The van der Waals surface area contributed by atoms with Crippen LogP contribution in [0.4, 0.5) is 8.78 Å². The first-order valence-corrected chi connectivity index (χ1v) is 6.47. The number of phenolic OH excluding ortho intramolecular Hbond substituents is 1. The first kappa shape index (κ1) is 14.0. The number of phenols is 1. The zero-order chi connectivity index (χ0) is 13.8. The summed E-state index contributed by atoms with van der Waals surface area (Å²) in [5, 5.41) is 12.7. The van der Waals surface area contributed by atoms with Crippen molar-refractivity contribution in [2.75, 3.05) is 0 Å². The van der Waals surface area contributed by atoms with Crippen LogP contribution in [-0.4, -0.2) is 5.11 Å². The third-order valence-electron chi connectivity index (χ3n) is 2.61. The highest BCUT2D eigenvalue weighted by molar-refractivity contribution is 9.10. The van der Waals surface area contributed by atoms with Gasteiger partial charge >= 0.3 is 0 Å². The Kier molecular flexibility index (Phi) is 4.50. The molecule has 0 amide bonds. The van der Waals surface area contributed by atoms with Gasteiger partial charge in [0.2, 0.25) is 0 Å². The highest BCUT2D eigenvalue weighted by Gasteiger charge is 2.03. The summed E-state index contributed by atoms with van der Waals surface area (Å²) in [5.41, 5.74) is 1.23. The van der Waals surface area contributed by atoms with Crippen LogP contribution in [0.1, 0.15) is 11.1 Å². The van der Waals surface area contributed by atoms with Crippen LogP contribution in [0.2, 0.25) is 0 Å². The van der Waals surface area contributed by atoms with Gasteiger partial charge in [-0.05, 0) is 35.9 Å². The van der Waals surface area contributed by atoms with E-state index >= 15 is 0 Å². The fourth-order valence-corrected chi connectivity index (χ4v) is 2.16. The van der Waals surface area contributed by atoms with Crippen molar-refractivity contribution in [1.29, 1.82) is 0 Å². The van der Waals surface area contributed by atoms with Crippen molar-refractivity contribution >= 4 is 15.9 Å². The van der Waals surface area contributed by atoms with Crippen LogP contribution in [0.5, 0.6) is 5.75 Å². The average Bonchev–Trinajstić information content (AvgIpc) is 2.32. The molecule has 0 fully saturated rings. The summed E-state index contributed by atoms with van der Waals surface area (Å²) in [6.45, 7) is 0.726. The van der Waals surface area contributed by atoms with Gasteiger partial charge in [0.05, 0.1) is 0 Å². The summed E-state index contributed by atoms with van der Waals surface area (Å²) in [5.74, 6) is -1.01. The third-order valence-corrected chi connectivity index (χ3v) is 3.10. The van der Waals surface area contributed by atoms with Gasteiger partial charge in [0.15, 0.2) is 0 Å². The van der Waals surface area contributed by atoms with E-state index in [9.17, 15) is 13.9 Å². The van der Waals surface area contributed by atoms with Gasteiger partial charge in [0.1, 0.15) is 17.4 Å². The van der Waals surface area contributed by atoms with Crippen molar-refractivity contribution in [3.63, 3.8) is 0 Å². The van der Waals surface area contributed by atoms with E-state index < -0.39 is 11.6 Å². The maximum absolute atomic E-state index is 13.0. The molecule has 0 aliphatic heterocycles. The summed E-state index contributed by atoms with van der Waals surface area (Å²) >= 11 is 3.31. The number of halogens is 3. The fourth-order valence-electron chi connectivity index (χ4n) is 1.75. The van der Waals surface area contributed by atoms with Crippen molar-refractivity contribution < 1.29 is 13.9 Å². The molecule has 0 aliphatic carbocycles. The Morgan fingerprint density at radius 2 is 1.68 bits per heavy atom. The van der Waals surface area contributed by atoms with E-state index in [0.29, 0.717) is 24.2 Å². The predicted molar refractivity (Wildman–Crippen MR) is 72.7 cm³/mol. The summed E-state index contributed by atoms with van der Waals surface area (Å²) in [6.07, 6.45) is 0. The standard InChI is InChI=1S/C14H12BrF2NO/c15-11-1-2-14(19)10(5-11)8-18-7-9-3-12(16)6-13(17)4-9/h1-6,18-19H,7-8H2. The second-order valence-corrected chi connectivity index (χ2v) is 5.07. The number of hydrogen-bond acceptors (Lipinski definition) is 2. The molecule has 5 heteroatoms. The van der Waals surface area contributed by atoms with Crippen LogP contribution in [-0.2, 0) is 13.1 Å². The Labute approximate surface area is 118 Å². The topological polar surface area (TPSA) is 32.3 Å². The molecular formula is C14H12BrF2NO. The first-order valence-electron chi connectivity index (χ1n) is 5.67. The van der Waals surface area contributed by atoms with Crippen molar-refractivity contribution in [1.82, 2.24) is 5.32 Å². The largest absolute Gasteiger partial charge is 0.508 e. The maximum atomic E-state index is 13.0. The molecule has 2 N–H and O–H groups in total. The summed E-state index contributed by atoms with van der Waals surface area (Å²) in [6, 6.07) is 8.50. The van der Waals surface area contributed by atoms with Crippen LogP contribution in [0.3, 0.4) is 0 Å². The zero-order valence-electron chi connectivity index (χ0n) is 9.96. The minimum Gasteiger partial charge on any atom is -0.508 e. The molecule has 19 heavy (non-hydrogen) atoms. The fraction of sp³-hybridized carbons (Fsp3) is 0.143. The molecule has 0 spiro atoms. The molecule has 2 rings (SSSR count). The minimum absolute atomic E-state index is 0.182. The quantitative estimate of drug-likeness (QED) is 0.896. The molecule has 0 saturated carbocycles. The highest BCUT2D eigenvalue weighted by Crippen LogP contribution is 2.21. The molecular weight excluding hydrogens is 316 g/mol. The van der Waals surface area contributed by atoms with Gasteiger partial charge in [-0.1, -0.05) is 15.9 Å². The molecule has 2 nitrogen and oxygen atoms in total. The van der Waals surface area contributed by atoms with Crippen molar-refractivity contribution in [3.8, 4) is 5.75 Å². The van der Waals surface area contributed by atoms with E-state index in [-0.39, 0.29) is 5.75 Å². The second-order valence-electron chi connectivity index (χ2n) is 4.15. The summed E-state index contributed by atoms with van der Waals surface area (Å²) < 4.78 is 26.8. The number of rotatable bonds is 4. The van der Waals surface area contributed by atoms with Gasteiger partial charge in [-0.2, -0.15) is 0 Å². The number of nitrogens with one attached hydrogen (secondary N) is 1. The smallest absolute Gasteiger partial charge is 0.126 e. The zero-order valence-corrected chi connectivity index (χ0v) is 11.5. The number of hydrogen-bond donors (Lipinski definition) is 2. The average molecular weight is 328 g/mol. The Hall–Kier alpha value is -1.46. The lowest BCUT2D eigenvalue weighted by Gasteiger charge is -2.08. The van der Waals surface area contributed by atoms with E-state index in [2.05, 4.69) is 21.2 Å². The van der Waals surface area contributed by atoms with Crippen LogP contribution >= 0.6 is 15.9 Å². The van der Waals surface area contributed by atoms with E-state index in [4.69, 9.17) is 0 Å². The van der Waals surface area contributed by atoms with Crippen LogP contribution in [0.15, 0.2) is 40.9 Å². The SMILES string of the molecule is Oc1ccc(Br)cc1CNCc1cc(F)cc(F)c1. The van der Waals surface area contributed by atoms with Gasteiger partial charge in [0.25, 0.3) is 0 Å². The van der Waals surface area contributed by atoms with Crippen molar-refractivity contribution in [2.24, 2.45) is 0 Å². The van der Waals surface area contributed by atoms with Crippen LogP contribution in [0, 0.1) is 11.6 Å². The van der Waals surface area contributed by atoms with Crippen LogP contribution < -0.4 is 5.32 Å². The second kappa shape index (κ2) is 6.12. The van der Waals surface area contributed by atoms with Crippen molar-refractivity contribution in [2.45, 2.75) is 13.1 Å². The normalized spacial score (nSPS) is 10.7. The molecule has 0 saturated heterocycles. The molecule has 0 heterocycles. The molecule has 2 aromatic rings. The molecule has 0 radical (unpaired) electrons. The van der Waals surface area contributed by atoms with E-state index in [1.54, 1.807) is 18.2 Å². The summed E-state index contributed by atoms with van der Waals surface area (Å²) in [7, 11) is 0. The molecule has 0 unspecified atom stereocenters. The highest BCUT2D eigenvalue weighted by atomic mass is 79.9. The predicted octanol–water partition coefficient (Wildman–Crippen LogP) is 3.72. The first-order chi connectivity index (χ1) is 9.04. The van der Waals surface area contributed by atoms with Gasteiger partial charge in [-0.3, -0.25) is 0 Å². The van der Waals surface area contributed by atoms with Crippen LogP contribution in [0.25, 0.3) is 0 Å². The molecule has 0 atom stereocenters. The Morgan fingerprint density at radius 1 is 1.00 bits per heavy atom. The van der Waals surface area contributed by atoms with Gasteiger partial charge in [0, 0.05) is 29.2 Å². The lowest BCUT2D eigenvalue weighted by Crippen LogP contribution is -2.13. The third kappa shape index (κ3) is 4.01. The molecule has 100 valence electrons. The monoisotopic (exact) mass is 327 g/mol. The number of aromatic hydroxyl groups is 1. The molecule has 0 aliphatic rings. The maximum Gasteiger partial charge on any atom is 0.126 e. The molecule has 2 aromatic carbocycles. The lowest BCUT2D eigenvalue weighted by atomic mass is 10.2. The van der Waals surface area contributed by atoms with Gasteiger partial charge in [-0.15, -0.1) is 0 Å². The number of benzene rings is 2. The summed E-state index contributed by atoms with van der Waals surface area (Å²) in [4.78, 5) is 0. The van der Waals surface area contributed by atoms with E-state index in [1.807, 2.05) is 0 Å². The van der Waals surface area contributed by atoms with Gasteiger partial charge in [-0.25, -0.2) is 8.78 Å². The van der Waals surface area contributed by atoms with Crippen molar-refractivity contribution in [3.05, 3.63) is 63.6 Å². The van der Waals surface area contributed by atoms with Gasteiger partial charge < -0.3 is 10.4 Å². The minimum atomic E-state index is -0.595. The molecule has 0 aromatic heterocycles. The van der Waals surface area contributed by atoms with E-state index in [1.165, 1.54) is 12.1 Å². The van der Waals surface area contributed by atoms with E-state index in [0.717, 1.165) is 10.5 Å². The lowest BCUT2D eigenvalue weighted by molar-refractivity contribution is 0.464. The Morgan fingerprint density at radius 3 is 2.37 bits per heavy atom. The molecule has 0 bridgehead atoms. The Balaban J connectivity index is 1.98. The Bertz CT molecular complexity index is 569.